The van der Waals surface area contributed by atoms with E-state index in [0.29, 0.717) is 11.2 Å². The standard InChI is InChI=1S/C10H15FN5O4P.H3N/c1-2-20-21(17,18)10(11)19-4-3-16-6-15-7-8(12)13-5-14-9(7)16;/h5-6,10H,2-4H2,1H3,(H,17,18)(H2,12,13,14);1H3. The van der Waals surface area contributed by atoms with Crippen molar-refractivity contribution < 1.29 is 23.1 Å². The quantitative estimate of drug-likeness (QED) is 0.695. The fourth-order valence-corrected chi connectivity index (χ4v) is 2.41. The van der Waals surface area contributed by atoms with E-state index in [2.05, 4.69) is 24.2 Å². The maximum absolute atomic E-state index is 13.4. The maximum Gasteiger partial charge on any atom is 0.263 e. The number of alkyl halides is 1. The minimum absolute atomic E-state index is 0. The summed E-state index contributed by atoms with van der Waals surface area (Å²) in [6.45, 7) is 1.25. The topological polar surface area (TPSA) is 165 Å². The average molecular weight is 336 g/mol. The first-order valence-corrected chi connectivity index (χ1v) is 7.69. The highest BCUT2D eigenvalue weighted by atomic mass is 31.2. The average Bonchev–Trinajstić information content (AvgIpc) is 2.83. The molecular weight excluding hydrogens is 318 g/mol. The Bertz CT molecular complexity index is 668. The lowest BCUT2D eigenvalue weighted by Crippen LogP contribution is -2.20. The molecule has 0 aliphatic rings. The first-order valence-electron chi connectivity index (χ1n) is 6.08. The van der Waals surface area contributed by atoms with E-state index in [-0.39, 0.29) is 31.7 Å². The van der Waals surface area contributed by atoms with Crippen LogP contribution in [0.1, 0.15) is 6.92 Å². The fourth-order valence-electron chi connectivity index (χ4n) is 1.64. The number of quaternary nitrogens is 1. The molecule has 0 aliphatic heterocycles. The monoisotopic (exact) mass is 336 g/mol. The maximum atomic E-state index is 13.4. The molecule has 12 heteroatoms. The molecule has 0 aliphatic carbocycles. The number of hydrogen-bond acceptors (Lipinski definition) is 8. The lowest BCUT2D eigenvalue weighted by Gasteiger charge is -2.25. The molecule has 124 valence electrons. The fraction of sp³-hybridized carbons (Fsp3) is 0.500. The van der Waals surface area contributed by atoms with Crippen LogP contribution < -0.4 is 16.8 Å². The van der Waals surface area contributed by atoms with Crippen LogP contribution in [0.5, 0.6) is 0 Å². The van der Waals surface area contributed by atoms with Crippen molar-refractivity contribution in [1.29, 1.82) is 0 Å². The second kappa shape index (κ2) is 7.56. The highest BCUT2D eigenvalue weighted by Gasteiger charge is 2.23. The summed E-state index contributed by atoms with van der Waals surface area (Å²) in [6.07, 6.45) is 0.202. The normalized spacial score (nSPS) is 15.2. The number of hydrogen-bond donors (Lipinski definition) is 2. The van der Waals surface area contributed by atoms with Crippen LogP contribution in [0.4, 0.5) is 10.2 Å². The van der Waals surface area contributed by atoms with Crippen molar-refractivity contribution in [2.45, 2.75) is 19.6 Å². The van der Waals surface area contributed by atoms with E-state index in [9.17, 15) is 13.8 Å². The summed E-state index contributed by atoms with van der Waals surface area (Å²) < 4.78 is 35.1. The van der Waals surface area contributed by atoms with Crippen molar-refractivity contribution in [3.05, 3.63) is 12.7 Å². The van der Waals surface area contributed by atoms with Crippen LogP contribution >= 0.6 is 7.60 Å². The van der Waals surface area contributed by atoms with E-state index in [0.717, 1.165) is 0 Å². The number of halogens is 1. The van der Waals surface area contributed by atoms with Crippen molar-refractivity contribution in [3.63, 3.8) is 0 Å². The zero-order valence-corrected chi connectivity index (χ0v) is 13.1. The largest absolute Gasteiger partial charge is 0.775 e. The van der Waals surface area contributed by atoms with Crippen molar-refractivity contribution in [2.24, 2.45) is 0 Å². The van der Waals surface area contributed by atoms with Crippen molar-refractivity contribution in [3.8, 4) is 0 Å². The number of nitrogen functional groups attached to an aromatic ring is 1. The number of nitrogens with zero attached hydrogens (tertiary/aromatic N) is 4. The van der Waals surface area contributed by atoms with Gasteiger partial charge in [0, 0.05) is 6.54 Å². The minimum atomic E-state index is -4.66. The Morgan fingerprint density at radius 3 is 2.91 bits per heavy atom. The second-order valence-electron chi connectivity index (χ2n) is 3.99. The number of imidazole rings is 1. The van der Waals surface area contributed by atoms with Gasteiger partial charge in [-0.3, -0.25) is 0 Å². The van der Waals surface area contributed by atoms with Crippen LogP contribution in [0.25, 0.3) is 11.2 Å². The molecule has 0 spiro atoms. The first kappa shape index (κ1) is 18.4. The molecule has 22 heavy (non-hydrogen) atoms. The lowest BCUT2D eigenvalue weighted by atomic mass is 10.5. The Morgan fingerprint density at radius 2 is 2.23 bits per heavy atom. The molecule has 0 saturated heterocycles. The van der Waals surface area contributed by atoms with E-state index < -0.39 is 13.7 Å². The van der Waals surface area contributed by atoms with Crippen LogP contribution in [0.3, 0.4) is 0 Å². The van der Waals surface area contributed by atoms with E-state index in [1.165, 1.54) is 19.6 Å². The van der Waals surface area contributed by atoms with E-state index >= 15 is 0 Å². The summed E-state index contributed by atoms with van der Waals surface area (Å²) >= 11 is 0. The third-order valence-electron chi connectivity index (χ3n) is 2.57. The van der Waals surface area contributed by atoms with Gasteiger partial charge in [-0.1, -0.05) is 0 Å². The Hall–Kier alpha value is -1.65. The number of ether oxygens (including phenoxy) is 1. The SMILES string of the molecule is CCOP(=O)([O-])C(F)OCCn1cnc2c(N)ncnc21.[NH4+]. The van der Waals surface area contributed by atoms with Crippen molar-refractivity contribution in [1.82, 2.24) is 25.7 Å². The molecule has 0 saturated carbocycles. The highest BCUT2D eigenvalue weighted by Crippen LogP contribution is 2.44. The Balaban J connectivity index is 0.00000242. The highest BCUT2D eigenvalue weighted by molar-refractivity contribution is 7.51. The molecular formula is C10H18FN6O4P. The third kappa shape index (κ3) is 3.96. The van der Waals surface area contributed by atoms with Gasteiger partial charge in [0.15, 0.2) is 19.1 Å². The summed E-state index contributed by atoms with van der Waals surface area (Å²) in [5, 5.41) is 0. The first-order chi connectivity index (χ1) is 9.95. The zero-order chi connectivity index (χ0) is 15.5. The molecule has 2 aromatic heterocycles. The Labute approximate surface area is 125 Å². The Morgan fingerprint density at radius 1 is 1.50 bits per heavy atom. The van der Waals surface area contributed by atoms with E-state index in [1.54, 1.807) is 4.57 Å². The van der Waals surface area contributed by atoms with Gasteiger partial charge in [-0.2, -0.15) is 0 Å². The van der Waals surface area contributed by atoms with E-state index in [1.807, 2.05) is 0 Å². The number of rotatable bonds is 7. The molecule has 2 rings (SSSR count). The molecule has 0 fully saturated rings. The molecule has 0 amide bonds. The van der Waals surface area contributed by atoms with Gasteiger partial charge in [-0.05, 0) is 6.92 Å². The number of fused-ring (bicyclic) bond motifs is 1. The summed E-state index contributed by atoms with van der Waals surface area (Å²) in [4.78, 5) is 23.0. The molecule has 10 nitrogen and oxygen atoms in total. The summed E-state index contributed by atoms with van der Waals surface area (Å²) in [7, 11) is -4.66. The van der Waals surface area contributed by atoms with Gasteiger partial charge in [0.25, 0.3) is 6.10 Å². The summed E-state index contributed by atoms with van der Waals surface area (Å²) in [6, 6.07) is 0. The number of aromatic nitrogens is 4. The molecule has 2 atom stereocenters. The summed E-state index contributed by atoms with van der Waals surface area (Å²) in [5.41, 5.74) is 6.49. The molecule has 2 aromatic rings. The zero-order valence-electron chi connectivity index (χ0n) is 12.2. The van der Waals surface area contributed by atoms with E-state index in [4.69, 9.17) is 5.73 Å². The molecule has 0 radical (unpaired) electrons. The predicted molar refractivity (Wildman–Crippen MR) is 75.8 cm³/mol. The van der Waals surface area contributed by atoms with Crippen molar-refractivity contribution >= 4 is 24.6 Å². The van der Waals surface area contributed by atoms with Crippen LogP contribution in [-0.4, -0.2) is 38.8 Å². The van der Waals surface area contributed by atoms with Crippen LogP contribution in [0, 0.1) is 0 Å². The van der Waals surface area contributed by atoms with Gasteiger partial charge >= 0.3 is 0 Å². The third-order valence-corrected chi connectivity index (χ3v) is 3.84. The summed E-state index contributed by atoms with van der Waals surface area (Å²) in [5.74, 6) is 0.225. The van der Waals surface area contributed by atoms with Gasteiger partial charge in [-0.25, -0.2) is 19.3 Å². The second-order valence-corrected chi connectivity index (χ2v) is 5.73. The molecule has 2 heterocycles. The minimum Gasteiger partial charge on any atom is -0.775 e. The smallest absolute Gasteiger partial charge is 0.263 e. The van der Waals surface area contributed by atoms with Crippen LogP contribution in [0.15, 0.2) is 12.7 Å². The van der Waals surface area contributed by atoms with Crippen LogP contribution in [0.2, 0.25) is 0 Å². The lowest BCUT2D eigenvalue weighted by molar-refractivity contribution is -0.218. The Kier molecular flexibility index (Phi) is 6.33. The predicted octanol–water partition coefficient (Wildman–Crippen LogP) is 0.644. The van der Waals surface area contributed by atoms with Gasteiger partial charge in [0.05, 0.1) is 19.5 Å². The molecule has 0 bridgehead atoms. The number of nitrogens with two attached hydrogens (primary N) is 1. The van der Waals surface area contributed by atoms with Gasteiger partial charge in [-0.15, -0.1) is 0 Å². The van der Waals surface area contributed by atoms with Crippen molar-refractivity contribution in [2.75, 3.05) is 18.9 Å². The van der Waals surface area contributed by atoms with Gasteiger partial charge in [0.2, 0.25) is 0 Å². The molecule has 0 aromatic carbocycles. The van der Waals surface area contributed by atoms with Gasteiger partial charge in [0.1, 0.15) is 11.8 Å². The van der Waals surface area contributed by atoms with Crippen LogP contribution in [-0.2, 0) is 20.4 Å². The number of anilines is 1. The van der Waals surface area contributed by atoms with Gasteiger partial charge < -0.3 is 35.2 Å². The molecule has 2 unspecified atom stereocenters. The molecule has 6 N–H and O–H groups in total.